The largest absolute Gasteiger partial charge is 0.483 e. The van der Waals surface area contributed by atoms with Gasteiger partial charge in [0.15, 0.2) is 24.1 Å². The molecule has 9 heteroatoms. The van der Waals surface area contributed by atoms with Crippen LogP contribution in [0.5, 0.6) is 0 Å². The summed E-state index contributed by atoms with van der Waals surface area (Å²) in [5.74, 6) is -2.81. The molecule has 9 nitrogen and oxygen atoms in total. The van der Waals surface area contributed by atoms with Crippen molar-refractivity contribution in [1.29, 1.82) is 0 Å². The highest BCUT2D eigenvalue weighted by Crippen LogP contribution is 2.33. The molecule has 0 saturated carbocycles. The molecule has 0 aromatic carbocycles. The van der Waals surface area contributed by atoms with Crippen LogP contribution in [0, 0.1) is 0 Å². The van der Waals surface area contributed by atoms with Crippen molar-refractivity contribution in [2.45, 2.75) is 59.4 Å². The monoisotopic (exact) mass is 370 g/mol. The smallest absolute Gasteiger partial charge is 0.303 e. The van der Waals surface area contributed by atoms with E-state index in [1.54, 1.807) is 0 Å². The average molecular weight is 370 g/mol. The minimum atomic E-state index is -1.23. The predicted molar refractivity (Wildman–Crippen MR) is 85.6 cm³/mol. The van der Waals surface area contributed by atoms with Crippen molar-refractivity contribution in [3.8, 4) is 0 Å². The number of ketones is 2. The second-order valence-electron chi connectivity index (χ2n) is 5.84. The Bertz CT molecular complexity index is 647. The van der Waals surface area contributed by atoms with Gasteiger partial charge in [0.1, 0.15) is 18.1 Å². The summed E-state index contributed by atoms with van der Waals surface area (Å²) in [6.07, 6.45) is -3.60. The Kier molecular flexibility index (Phi) is 7.48. The number of allylic oxidation sites excluding steroid dienone is 1. The molecule has 0 aliphatic carbocycles. The Morgan fingerprint density at radius 2 is 1.46 bits per heavy atom. The lowest BCUT2D eigenvalue weighted by Crippen LogP contribution is -2.39. The van der Waals surface area contributed by atoms with E-state index in [0.717, 1.165) is 13.8 Å². The van der Waals surface area contributed by atoms with Crippen molar-refractivity contribution in [2.24, 2.45) is 0 Å². The van der Waals surface area contributed by atoms with Gasteiger partial charge in [0, 0.05) is 32.8 Å². The molecular formula is C17H22O9. The standard InChI is InChI=1S/C17H22O9/c1-8(18)6-13(9(2)19)15-17(25-12(5)22)16(24-11(4)21)14(26-15)7-23-10(3)20/h14,16-17H,6-7H2,1-5H3/b15-13+/t14-,16-,17+/m1/s1. The van der Waals surface area contributed by atoms with Crippen LogP contribution < -0.4 is 0 Å². The molecule has 3 atom stereocenters. The van der Waals surface area contributed by atoms with Crippen LogP contribution in [0.15, 0.2) is 11.3 Å². The quantitative estimate of drug-likeness (QED) is 0.361. The molecule has 26 heavy (non-hydrogen) atoms. The fourth-order valence-corrected chi connectivity index (χ4v) is 2.48. The van der Waals surface area contributed by atoms with Gasteiger partial charge in [0.2, 0.25) is 0 Å². The molecule has 1 aliphatic rings. The lowest BCUT2D eigenvalue weighted by atomic mass is 10.0. The fraction of sp³-hybridized carbons (Fsp3) is 0.588. The summed E-state index contributed by atoms with van der Waals surface area (Å²) in [5, 5.41) is 0. The van der Waals surface area contributed by atoms with Crippen LogP contribution in [0.25, 0.3) is 0 Å². The van der Waals surface area contributed by atoms with Gasteiger partial charge in [-0.05, 0) is 13.8 Å². The summed E-state index contributed by atoms with van der Waals surface area (Å²) in [6, 6.07) is 0. The van der Waals surface area contributed by atoms with Gasteiger partial charge in [-0.15, -0.1) is 0 Å². The molecule has 0 radical (unpaired) electrons. The summed E-state index contributed by atoms with van der Waals surface area (Å²) in [5.41, 5.74) is 0.00577. The van der Waals surface area contributed by atoms with E-state index in [2.05, 4.69) is 0 Å². The highest BCUT2D eigenvalue weighted by molar-refractivity contribution is 5.99. The number of esters is 3. The SMILES string of the molecule is CC(=O)C/C(C(C)=O)=C1\O[C@H](COC(C)=O)[C@@H](OC(C)=O)[C@H]1OC(C)=O. The second kappa shape index (κ2) is 9.12. The maximum Gasteiger partial charge on any atom is 0.303 e. The van der Waals surface area contributed by atoms with E-state index in [1.807, 2.05) is 0 Å². The van der Waals surface area contributed by atoms with Crippen LogP contribution in [-0.2, 0) is 42.9 Å². The molecule has 0 aromatic rings. The first-order chi connectivity index (χ1) is 12.0. The Hall–Kier alpha value is -2.71. The second-order valence-corrected chi connectivity index (χ2v) is 5.84. The van der Waals surface area contributed by atoms with E-state index < -0.39 is 42.0 Å². The minimum absolute atomic E-state index is 0.00577. The zero-order valence-corrected chi connectivity index (χ0v) is 15.3. The van der Waals surface area contributed by atoms with Gasteiger partial charge >= 0.3 is 17.9 Å². The van der Waals surface area contributed by atoms with E-state index >= 15 is 0 Å². The Balaban J connectivity index is 3.37. The van der Waals surface area contributed by atoms with Gasteiger partial charge in [0.25, 0.3) is 0 Å². The van der Waals surface area contributed by atoms with Crippen molar-refractivity contribution in [1.82, 2.24) is 0 Å². The van der Waals surface area contributed by atoms with Crippen LogP contribution in [0.1, 0.15) is 41.0 Å². The third kappa shape index (κ3) is 5.98. The third-order valence-electron chi connectivity index (χ3n) is 3.40. The first-order valence-electron chi connectivity index (χ1n) is 7.90. The maximum absolute atomic E-state index is 12.0. The number of Topliss-reactive ketones (excluding diaryl/α,β-unsaturated/α-hetero) is 2. The Labute approximate surface area is 150 Å². The number of rotatable bonds is 7. The van der Waals surface area contributed by atoms with E-state index in [9.17, 15) is 24.0 Å². The summed E-state index contributed by atoms with van der Waals surface area (Å²) in [6.45, 7) is 5.71. The zero-order chi connectivity index (χ0) is 20.0. The molecule has 144 valence electrons. The van der Waals surface area contributed by atoms with E-state index in [0.29, 0.717) is 0 Å². The number of ether oxygens (including phenoxy) is 4. The molecule has 0 N–H and O–H groups in total. The molecule has 1 aliphatic heterocycles. The normalized spacial score (nSPS) is 23.5. The van der Waals surface area contributed by atoms with E-state index in [4.69, 9.17) is 18.9 Å². The highest BCUT2D eigenvalue weighted by atomic mass is 16.6. The number of carbonyl (C=O) groups is 5. The summed E-state index contributed by atoms with van der Waals surface area (Å²) >= 11 is 0. The van der Waals surface area contributed by atoms with Gasteiger partial charge in [-0.1, -0.05) is 0 Å². The van der Waals surface area contributed by atoms with Gasteiger partial charge in [-0.2, -0.15) is 0 Å². The third-order valence-corrected chi connectivity index (χ3v) is 3.40. The Morgan fingerprint density at radius 1 is 0.885 bits per heavy atom. The summed E-state index contributed by atoms with van der Waals surface area (Å²) < 4.78 is 20.9. The van der Waals surface area contributed by atoms with Crippen LogP contribution in [0.4, 0.5) is 0 Å². The number of hydrogen-bond acceptors (Lipinski definition) is 9. The predicted octanol–water partition coefficient (Wildman–Crippen LogP) is 0.634. The summed E-state index contributed by atoms with van der Waals surface area (Å²) in [7, 11) is 0. The molecule has 1 rings (SSSR count). The molecule has 1 fully saturated rings. The molecule has 0 spiro atoms. The molecular weight excluding hydrogens is 348 g/mol. The lowest BCUT2D eigenvalue weighted by molar-refractivity contribution is -0.164. The van der Waals surface area contributed by atoms with Gasteiger partial charge in [-0.3, -0.25) is 24.0 Å². The van der Waals surface area contributed by atoms with Crippen molar-refractivity contribution in [3.63, 3.8) is 0 Å². The average Bonchev–Trinajstić information content (AvgIpc) is 2.79. The molecule has 1 heterocycles. The van der Waals surface area contributed by atoms with Crippen molar-refractivity contribution in [3.05, 3.63) is 11.3 Å². The Morgan fingerprint density at radius 3 is 1.88 bits per heavy atom. The van der Waals surface area contributed by atoms with Gasteiger partial charge < -0.3 is 18.9 Å². The molecule has 0 bridgehead atoms. The van der Waals surface area contributed by atoms with Gasteiger partial charge in [-0.25, -0.2) is 0 Å². The topological polar surface area (TPSA) is 122 Å². The van der Waals surface area contributed by atoms with Crippen LogP contribution in [0.3, 0.4) is 0 Å². The maximum atomic E-state index is 12.0. The fourth-order valence-electron chi connectivity index (χ4n) is 2.48. The lowest BCUT2D eigenvalue weighted by Gasteiger charge is -2.21. The van der Waals surface area contributed by atoms with Crippen molar-refractivity contribution >= 4 is 29.5 Å². The van der Waals surface area contributed by atoms with Gasteiger partial charge in [0.05, 0.1) is 0 Å². The first kappa shape index (κ1) is 21.3. The number of hydrogen-bond donors (Lipinski definition) is 0. The van der Waals surface area contributed by atoms with Crippen LogP contribution in [0.2, 0.25) is 0 Å². The van der Waals surface area contributed by atoms with Crippen molar-refractivity contribution in [2.75, 3.05) is 6.61 Å². The van der Waals surface area contributed by atoms with E-state index in [-0.39, 0.29) is 30.1 Å². The molecule has 1 saturated heterocycles. The highest BCUT2D eigenvalue weighted by Gasteiger charge is 2.49. The zero-order valence-electron chi connectivity index (χ0n) is 15.3. The number of carbonyl (C=O) groups excluding carboxylic acids is 5. The van der Waals surface area contributed by atoms with Crippen molar-refractivity contribution < 1.29 is 42.9 Å². The van der Waals surface area contributed by atoms with Crippen LogP contribution in [-0.4, -0.2) is 54.4 Å². The molecule has 0 aromatic heterocycles. The first-order valence-corrected chi connectivity index (χ1v) is 7.90. The molecule has 0 unspecified atom stereocenters. The van der Waals surface area contributed by atoms with Crippen LogP contribution >= 0.6 is 0 Å². The molecule has 0 amide bonds. The summed E-state index contributed by atoms with van der Waals surface area (Å²) in [4.78, 5) is 57.5. The van der Waals surface area contributed by atoms with E-state index in [1.165, 1.54) is 20.8 Å². The minimum Gasteiger partial charge on any atom is -0.483 e.